The van der Waals surface area contributed by atoms with Crippen LogP contribution in [0.25, 0.3) is 10.2 Å². The molecule has 1 amide bonds. The number of esters is 1. The fourth-order valence-electron chi connectivity index (χ4n) is 2.55. The molecule has 0 saturated heterocycles. The lowest BCUT2D eigenvalue weighted by Crippen LogP contribution is -2.21. The van der Waals surface area contributed by atoms with E-state index in [-0.39, 0.29) is 26.8 Å². The summed E-state index contributed by atoms with van der Waals surface area (Å²) in [7, 11) is 0. The van der Waals surface area contributed by atoms with Crippen LogP contribution in [0.5, 0.6) is 0 Å². The maximum atomic E-state index is 12.3. The molecule has 3 aromatic rings. The molecular weight excluding hydrogens is 424 g/mol. The minimum Gasteiger partial charge on any atom is -0.451 e. The standard InChI is InChI=1S/C17H13ClN4O6S/c1-7-13-15(24)19-8(2)20-16(13)29-14(7)17(25)28-6-12(23)21-11-4-3-9(22(26)27)5-10(11)18/h3-5H,6H2,1-2H3,(H,21,23)(H,19,20,24). The molecular formula is C17H13ClN4O6S. The van der Waals surface area contributed by atoms with Crippen molar-refractivity contribution in [1.82, 2.24) is 9.97 Å². The van der Waals surface area contributed by atoms with Gasteiger partial charge in [-0.25, -0.2) is 9.78 Å². The number of nitrogens with one attached hydrogen (secondary N) is 2. The zero-order valence-corrected chi connectivity index (χ0v) is 16.6. The van der Waals surface area contributed by atoms with Crippen molar-refractivity contribution >= 4 is 56.4 Å². The van der Waals surface area contributed by atoms with Crippen molar-refractivity contribution in [2.45, 2.75) is 13.8 Å². The Kier molecular flexibility index (Phi) is 5.62. The van der Waals surface area contributed by atoms with Gasteiger partial charge in [0.2, 0.25) is 0 Å². The number of amides is 1. The second-order valence-corrected chi connectivity index (χ2v) is 7.34. The molecule has 0 atom stereocenters. The fraction of sp³-hybridized carbons (Fsp3) is 0.176. The van der Waals surface area contributed by atoms with Crippen LogP contribution < -0.4 is 10.9 Å². The molecule has 0 aliphatic rings. The van der Waals surface area contributed by atoms with Gasteiger partial charge in [0.1, 0.15) is 15.5 Å². The van der Waals surface area contributed by atoms with Crippen LogP contribution in [0.1, 0.15) is 21.1 Å². The highest BCUT2D eigenvalue weighted by Crippen LogP contribution is 2.28. The summed E-state index contributed by atoms with van der Waals surface area (Å²) in [5.41, 5.74) is -0.0190. The normalized spacial score (nSPS) is 10.7. The van der Waals surface area contributed by atoms with Gasteiger partial charge in [-0.15, -0.1) is 11.3 Å². The van der Waals surface area contributed by atoms with E-state index in [9.17, 15) is 24.5 Å². The molecule has 29 heavy (non-hydrogen) atoms. The third kappa shape index (κ3) is 4.25. The molecule has 1 aromatic carbocycles. The molecule has 0 saturated carbocycles. The van der Waals surface area contributed by atoms with Crippen LogP contribution >= 0.6 is 22.9 Å². The average Bonchev–Trinajstić information content (AvgIpc) is 2.97. The number of hydrogen-bond donors (Lipinski definition) is 2. The number of nitrogens with zero attached hydrogens (tertiary/aromatic N) is 2. The van der Waals surface area contributed by atoms with Gasteiger partial charge < -0.3 is 15.0 Å². The SMILES string of the molecule is Cc1nc2sc(C(=O)OCC(=O)Nc3ccc([N+](=O)[O-])cc3Cl)c(C)c2c(=O)[nH]1. The summed E-state index contributed by atoms with van der Waals surface area (Å²) in [6.45, 7) is 2.61. The van der Waals surface area contributed by atoms with E-state index < -0.39 is 23.4 Å². The van der Waals surface area contributed by atoms with E-state index in [4.69, 9.17) is 16.3 Å². The lowest BCUT2D eigenvalue weighted by Gasteiger charge is -2.07. The number of ether oxygens (including phenoxy) is 1. The number of H-pyrrole nitrogens is 1. The zero-order chi connectivity index (χ0) is 21.3. The Bertz CT molecular complexity index is 1220. The zero-order valence-electron chi connectivity index (χ0n) is 15.1. The molecule has 150 valence electrons. The number of anilines is 1. The molecule has 2 heterocycles. The molecule has 12 heteroatoms. The summed E-state index contributed by atoms with van der Waals surface area (Å²) in [6, 6.07) is 3.55. The van der Waals surface area contributed by atoms with E-state index in [2.05, 4.69) is 15.3 Å². The van der Waals surface area contributed by atoms with E-state index in [0.29, 0.717) is 21.6 Å². The van der Waals surface area contributed by atoms with Crippen molar-refractivity contribution in [3.8, 4) is 0 Å². The molecule has 3 rings (SSSR count). The molecule has 0 aliphatic carbocycles. The Morgan fingerprint density at radius 2 is 2.10 bits per heavy atom. The predicted octanol–water partition coefficient (Wildman–Crippen LogP) is 2.96. The van der Waals surface area contributed by atoms with Crippen molar-refractivity contribution < 1.29 is 19.2 Å². The van der Waals surface area contributed by atoms with Gasteiger partial charge in [0.05, 0.1) is 21.0 Å². The predicted molar refractivity (Wildman–Crippen MR) is 107 cm³/mol. The van der Waals surface area contributed by atoms with Crippen molar-refractivity contribution in [1.29, 1.82) is 0 Å². The Labute approximate surface area is 171 Å². The number of carbonyl (C=O) groups is 2. The van der Waals surface area contributed by atoms with E-state index in [0.717, 1.165) is 17.4 Å². The van der Waals surface area contributed by atoms with Crippen LogP contribution in [0.2, 0.25) is 5.02 Å². The number of aromatic amines is 1. The Morgan fingerprint density at radius 3 is 2.76 bits per heavy atom. The number of hydrogen-bond acceptors (Lipinski definition) is 8. The number of fused-ring (bicyclic) bond motifs is 1. The first kappa shape index (κ1) is 20.4. The highest BCUT2D eigenvalue weighted by atomic mass is 35.5. The molecule has 0 fully saturated rings. The molecule has 0 bridgehead atoms. The molecule has 2 N–H and O–H groups in total. The highest BCUT2D eigenvalue weighted by Gasteiger charge is 2.21. The Hall–Kier alpha value is -3.31. The number of aryl methyl sites for hydroxylation is 2. The summed E-state index contributed by atoms with van der Waals surface area (Å²) < 4.78 is 5.01. The van der Waals surface area contributed by atoms with Crippen molar-refractivity contribution in [3.05, 3.63) is 60.0 Å². The quantitative estimate of drug-likeness (QED) is 0.355. The maximum absolute atomic E-state index is 12.3. The van der Waals surface area contributed by atoms with Gasteiger partial charge in [0.15, 0.2) is 6.61 Å². The topological polar surface area (TPSA) is 144 Å². The van der Waals surface area contributed by atoms with Crippen molar-refractivity contribution in [3.63, 3.8) is 0 Å². The van der Waals surface area contributed by atoms with Crippen molar-refractivity contribution in [2.75, 3.05) is 11.9 Å². The van der Waals surface area contributed by atoms with E-state index in [1.165, 1.54) is 12.1 Å². The van der Waals surface area contributed by atoms with E-state index in [1.807, 2.05) is 0 Å². The lowest BCUT2D eigenvalue weighted by molar-refractivity contribution is -0.384. The number of nitro groups is 1. The number of benzene rings is 1. The fourth-order valence-corrected chi connectivity index (χ4v) is 3.89. The van der Waals surface area contributed by atoms with Gasteiger partial charge >= 0.3 is 5.97 Å². The van der Waals surface area contributed by atoms with Crippen LogP contribution in [0.4, 0.5) is 11.4 Å². The molecule has 0 unspecified atom stereocenters. The van der Waals surface area contributed by atoms with Gasteiger partial charge in [-0.1, -0.05) is 11.6 Å². The maximum Gasteiger partial charge on any atom is 0.349 e. The largest absolute Gasteiger partial charge is 0.451 e. The second kappa shape index (κ2) is 7.97. The summed E-state index contributed by atoms with van der Waals surface area (Å²) >= 11 is 6.91. The summed E-state index contributed by atoms with van der Waals surface area (Å²) in [4.78, 5) is 53.9. The number of nitro benzene ring substituents is 1. The number of rotatable bonds is 5. The number of non-ortho nitro benzene ring substituents is 1. The van der Waals surface area contributed by atoms with Gasteiger partial charge in [0.25, 0.3) is 17.2 Å². The van der Waals surface area contributed by atoms with E-state index >= 15 is 0 Å². The number of thiophene rings is 1. The minimum absolute atomic E-state index is 0.0279. The summed E-state index contributed by atoms with van der Waals surface area (Å²) in [5, 5.41) is 13.4. The molecule has 0 aliphatic heterocycles. The third-order valence-electron chi connectivity index (χ3n) is 3.88. The second-order valence-electron chi connectivity index (χ2n) is 5.93. The van der Waals surface area contributed by atoms with Gasteiger partial charge in [-0.05, 0) is 25.5 Å². The van der Waals surface area contributed by atoms with Crippen LogP contribution in [0.15, 0.2) is 23.0 Å². The lowest BCUT2D eigenvalue weighted by atomic mass is 10.2. The van der Waals surface area contributed by atoms with E-state index in [1.54, 1.807) is 13.8 Å². The smallest absolute Gasteiger partial charge is 0.349 e. The number of carbonyl (C=O) groups excluding carboxylic acids is 2. The minimum atomic E-state index is -0.771. The molecule has 2 aromatic heterocycles. The monoisotopic (exact) mass is 436 g/mol. The number of aromatic nitrogens is 2. The van der Waals surface area contributed by atoms with Gasteiger partial charge in [-0.3, -0.25) is 19.7 Å². The molecule has 10 nitrogen and oxygen atoms in total. The van der Waals surface area contributed by atoms with Crippen LogP contribution in [-0.2, 0) is 9.53 Å². The van der Waals surface area contributed by atoms with Crippen LogP contribution in [0.3, 0.4) is 0 Å². The van der Waals surface area contributed by atoms with Gasteiger partial charge in [0, 0.05) is 12.1 Å². The first-order valence-electron chi connectivity index (χ1n) is 8.08. The van der Waals surface area contributed by atoms with Gasteiger partial charge in [-0.2, -0.15) is 0 Å². The third-order valence-corrected chi connectivity index (χ3v) is 5.35. The van der Waals surface area contributed by atoms with Crippen molar-refractivity contribution in [2.24, 2.45) is 0 Å². The molecule has 0 radical (unpaired) electrons. The Balaban J connectivity index is 1.69. The summed E-state index contributed by atoms with van der Waals surface area (Å²) in [5.74, 6) is -1.03. The molecule has 0 spiro atoms. The van der Waals surface area contributed by atoms with Crippen LogP contribution in [-0.4, -0.2) is 33.4 Å². The summed E-state index contributed by atoms with van der Waals surface area (Å²) in [6.07, 6.45) is 0. The first-order chi connectivity index (χ1) is 13.7. The highest BCUT2D eigenvalue weighted by molar-refractivity contribution is 7.20. The number of halogens is 1. The van der Waals surface area contributed by atoms with Crippen LogP contribution in [0, 0.1) is 24.0 Å². The average molecular weight is 437 g/mol. The first-order valence-corrected chi connectivity index (χ1v) is 9.27. The Morgan fingerprint density at radius 1 is 1.38 bits per heavy atom.